The molecule has 1 unspecified atom stereocenters. The molecular formula is C15H18ClNS. The summed E-state index contributed by atoms with van der Waals surface area (Å²) in [5.41, 5.74) is 1.22. The van der Waals surface area contributed by atoms with E-state index in [0.717, 1.165) is 18.0 Å². The van der Waals surface area contributed by atoms with Gasteiger partial charge < -0.3 is 5.32 Å². The number of nitrogens with one attached hydrogen (secondary N) is 1. The van der Waals surface area contributed by atoms with Crippen LogP contribution in [0.5, 0.6) is 0 Å². The van der Waals surface area contributed by atoms with Crippen LogP contribution < -0.4 is 5.32 Å². The van der Waals surface area contributed by atoms with Gasteiger partial charge in [-0.3, -0.25) is 0 Å². The Morgan fingerprint density at radius 2 is 2.11 bits per heavy atom. The molecule has 0 aliphatic heterocycles. The quantitative estimate of drug-likeness (QED) is 0.828. The van der Waals surface area contributed by atoms with E-state index >= 15 is 0 Å². The van der Waals surface area contributed by atoms with Crippen molar-refractivity contribution >= 4 is 22.9 Å². The lowest BCUT2D eigenvalue weighted by molar-refractivity contribution is 0.583. The summed E-state index contributed by atoms with van der Waals surface area (Å²) in [5.74, 6) is 0. The summed E-state index contributed by atoms with van der Waals surface area (Å²) in [5, 5.41) is 4.33. The molecular weight excluding hydrogens is 262 g/mol. The fourth-order valence-corrected chi connectivity index (χ4v) is 3.03. The van der Waals surface area contributed by atoms with E-state index in [0.29, 0.717) is 6.04 Å². The Bertz CT molecular complexity index is 507. The highest BCUT2D eigenvalue weighted by atomic mass is 35.5. The fraction of sp³-hybridized carbons (Fsp3) is 0.333. The molecule has 1 nitrogen and oxygen atoms in total. The van der Waals surface area contributed by atoms with Gasteiger partial charge in [0.2, 0.25) is 0 Å². The molecule has 0 fully saturated rings. The molecule has 0 bridgehead atoms. The van der Waals surface area contributed by atoms with E-state index in [2.05, 4.69) is 37.4 Å². The monoisotopic (exact) mass is 279 g/mol. The number of hydrogen-bond donors (Lipinski definition) is 1. The highest BCUT2D eigenvalue weighted by Gasteiger charge is 2.07. The van der Waals surface area contributed by atoms with Crippen molar-refractivity contribution in [3.05, 3.63) is 56.7 Å². The first-order valence-electron chi connectivity index (χ1n) is 6.25. The summed E-state index contributed by atoms with van der Waals surface area (Å²) in [7, 11) is 0. The maximum absolute atomic E-state index is 5.97. The largest absolute Gasteiger partial charge is 0.305 e. The average molecular weight is 280 g/mol. The Labute approximate surface area is 118 Å². The van der Waals surface area contributed by atoms with Crippen molar-refractivity contribution in [1.29, 1.82) is 0 Å². The smallest absolute Gasteiger partial charge is 0.0409 e. The third kappa shape index (κ3) is 3.58. The van der Waals surface area contributed by atoms with Gasteiger partial charge in [-0.05, 0) is 43.2 Å². The van der Waals surface area contributed by atoms with Gasteiger partial charge in [0, 0.05) is 27.4 Å². The standard InChI is InChI=1S/C15H18ClNS/c1-3-14-7-8-15(18-14)11(2)17-10-12-5-4-6-13(16)9-12/h4-9,11,17H,3,10H2,1-2H3. The van der Waals surface area contributed by atoms with Crippen LogP contribution in [-0.2, 0) is 13.0 Å². The van der Waals surface area contributed by atoms with Crippen molar-refractivity contribution in [2.45, 2.75) is 32.9 Å². The van der Waals surface area contributed by atoms with Crippen molar-refractivity contribution < 1.29 is 0 Å². The van der Waals surface area contributed by atoms with Gasteiger partial charge in [-0.1, -0.05) is 30.7 Å². The molecule has 0 aliphatic rings. The first kappa shape index (κ1) is 13.6. The highest BCUT2D eigenvalue weighted by Crippen LogP contribution is 2.23. The Morgan fingerprint density at radius 3 is 2.78 bits per heavy atom. The SMILES string of the molecule is CCc1ccc(C(C)NCc2cccc(Cl)c2)s1. The lowest BCUT2D eigenvalue weighted by atomic mass is 10.2. The molecule has 0 saturated heterocycles. The summed E-state index contributed by atoms with van der Waals surface area (Å²) in [6.45, 7) is 5.25. The molecule has 0 spiro atoms. The molecule has 96 valence electrons. The minimum absolute atomic E-state index is 0.384. The van der Waals surface area contributed by atoms with Crippen molar-refractivity contribution in [1.82, 2.24) is 5.32 Å². The zero-order valence-electron chi connectivity index (χ0n) is 10.7. The third-order valence-electron chi connectivity index (χ3n) is 2.96. The van der Waals surface area contributed by atoms with Crippen LogP contribution in [0.25, 0.3) is 0 Å². The highest BCUT2D eigenvalue weighted by molar-refractivity contribution is 7.12. The molecule has 0 aliphatic carbocycles. The molecule has 1 N–H and O–H groups in total. The van der Waals surface area contributed by atoms with Gasteiger partial charge in [0.05, 0.1) is 0 Å². The maximum Gasteiger partial charge on any atom is 0.0409 e. The van der Waals surface area contributed by atoms with E-state index in [1.54, 1.807) is 0 Å². The van der Waals surface area contributed by atoms with Crippen LogP contribution in [0.2, 0.25) is 5.02 Å². The van der Waals surface area contributed by atoms with E-state index in [-0.39, 0.29) is 0 Å². The van der Waals surface area contributed by atoms with Crippen LogP contribution in [0.15, 0.2) is 36.4 Å². The normalized spacial score (nSPS) is 12.6. The molecule has 2 rings (SSSR count). The van der Waals surface area contributed by atoms with E-state index in [1.165, 1.54) is 15.3 Å². The Balaban J connectivity index is 1.93. The Kier molecular flexibility index (Phi) is 4.81. The average Bonchev–Trinajstić information content (AvgIpc) is 2.85. The molecule has 18 heavy (non-hydrogen) atoms. The number of rotatable bonds is 5. The molecule has 1 aromatic carbocycles. The zero-order valence-corrected chi connectivity index (χ0v) is 12.3. The third-order valence-corrected chi connectivity index (χ3v) is 4.61. The topological polar surface area (TPSA) is 12.0 Å². The lowest BCUT2D eigenvalue weighted by Gasteiger charge is -2.12. The van der Waals surface area contributed by atoms with Crippen LogP contribution in [0.1, 0.15) is 35.2 Å². The molecule has 0 saturated carbocycles. The second-order valence-electron chi connectivity index (χ2n) is 4.39. The van der Waals surface area contributed by atoms with Crippen LogP contribution >= 0.6 is 22.9 Å². The second kappa shape index (κ2) is 6.37. The number of thiophene rings is 1. The van der Waals surface area contributed by atoms with Crippen molar-refractivity contribution in [2.75, 3.05) is 0 Å². The van der Waals surface area contributed by atoms with Crippen LogP contribution in [0.4, 0.5) is 0 Å². The van der Waals surface area contributed by atoms with E-state index in [4.69, 9.17) is 11.6 Å². The summed E-state index contributed by atoms with van der Waals surface area (Å²) in [6.07, 6.45) is 1.12. The molecule has 1 atom stereocenters. The van der Waals surface area contributed by atoms with Gasteiger partial charge >= 0.3 is 0 Å². The number of aryl methyl sites for hydroxylation is 1. The Morgan fingerprint density at radius 1 is 1.28 bits per heavy atom. The van der Waals surface area contributed by atoms with Gasteiger partial charge in [0.25, 0.3) is 0 Å². The van der Waals surface area contributed by atoms with Gasteiger partial charge in [-0.2, -0.15) is 0 Å². The van der Waals surface area contributed by atoms with Crippen molar-refractivity contribution in [2.24, 2.45) is 0 Å². The molecule has 0 amide bonds. The first-order chi connectivity index (χ1) is 8.69. The van der Waals surface area contributed by atoms with E-state index in [9.17, 15) is 0 Å². The van der Waals surface area contributed by atoms with Crippen molar-refractivity contribution in [3.8, 4) is 0 Å². The fourth-order valence-electron chi connectivity index (χ4n) is 1.84. The van der Waals surface area contributed by atoms with E-state index in [1.807, 2.05) is 29.5 Å². The van der Waals surface area contributed by atoms with Crippen LogP contribution in [0, 0.1) is 0 Å². The molecule has 1 aromatic heterocycles. The molecule has 1 heterocycles. The lowest BCUT2D eigenvalue weighted by Crippen LogP contribution is -2.17. The van der Waals surface area contributed by atoms with Gasteiger partial charge in [0.15, 0.2) is 0 Å². The van der Waals surface area contributed by atoms with Gasteiger partial charge in [-0.25, -0.2) is 0 Å². The minimum atomic E-state index is 0.384. The molecule has 2 aromatic rings. The summed E-state index contributed by atoms with van der Waals surface area (Å²) in [6, 6.07) is 12.8. The second-order valence-corrected chi connectivity index (χ2v) is 6.03. The predicted molar refractivity (Wildman–Crippen MR) is 80.4 cm³/mol. The molecule has 3 heteroatoms. The minimum Gasteiger partial charge on any atom is -0.305 e. The zero-order chi connectivity index (χ0) is 13.0. The number of benzene rings is 1. The summed E-state index contributed by atoms with van der Waals surface area (Å²) >= 11 is 7.86. The number of hydrogen-bond acceptors (Lipinski definition) is 2. The van der Waals surface area contributed by atoms with Crippen molar-refractivity contribution in [3.63, 3.8) is 0 Å². The first-order valence-corrected chi connectivity index (χ1v) is 7.45. The maximum atomic E-state index is 5.97. The van der Waals surface area contributed by atoms with Gasteiger partial charge in [-0.15, -0.1) is 11.3 Å². The van der Waals surface area contributed by atoms with Crippen LogP contribution in [0.3, 0.4) is 0 Å². The Hall–Kier alpha value is -0.830. The van der Waals surface area contributed by atoms with Gasteiger partial charge in [0.1, 0.15) is 0 Å². The number of halogens is 1. The summed E-state index contributed by atoms with van der Waals surface area (Å²) in [4.78, 5) is 2.84. The van der Waals surface area contributed by atoms with E-state index < -0.39 is 0 Å². The predicted octanol–water partition coefficient (Wildman–Crippen LogP) is 4.81. The molecule has 0 radical (unpaired) electrons. The summed E-state index contributed by atoms with van der Waals surface area (Å²) < 4.78 is 0. The van der Waals surface area contributed by atoms with Crippen LogP contribution in [-0.4, -0.2) is 0 Å².